The Labute approximate surface area is 88.4 Å². The second-order valence-corrected chi connectivity index (χ2v) is 2.72. The van der Waals surface area contributed by atoms with Gasteiger partial charge < -0.3 is 10.4 Å². The summed E-state index contributed by atoms with van der Waals surface area (Å²) in [5.41, 5.74) is 0. The van der Waals surface area contributed by atoms with Gasteiger partial charge in [-0.1, -0.05) is 0 Å². The summed E-state index contributed by atoms with van der Waals surface area (Å²) in [5.74, 6) is -17.6. The molecular formula is C6H4F7NO3. The fourth-order valence-electron chi connectivity index (χ4n) is 0.587. The van der Waals surface area contributed by atoms with E-state index in [0.29, 0.717) is 0 Å². The third-order valence-electron chi connectivity index (χ3n) is 1.44. The van der Waals surface area contributed by atoms with Crippen LogP contribution >= 0.6 is 0 Å². The standard InChI is InChI=1S/C6H4F7NO3/c7-4(8,3(17)14-1-2(15)16)5(9,10)6(11,12)13/h1H2,(H,14,17)(H,15,16). The van der Waals surface area contributed by atoms with Crippen LogP contribution in [0.4, 0.5) is 30.7 Å². The molecule has 0 atom stereocenters. The van der Waals surface area contributed by atoms with E-state index in [1.165, 1.54) is 0 Å². The lowest BCUT2D eigenvalue weighted by Crippen LogP contribution is -2.59. The first-order chi connectivity index (χ1) is 7.34. The molecule has 0 unspecified atom stereocenters. The largest absolute Gasteiger partial charge is 0.480 e. The van der Waals surface area contributed by atoms with Crippen LogP contribution in [0.15, 0.2) is 0 Å². The van der Waals surface area contributed by atoms with Gasteiger partial charge in [-0.15, -0.1) is 0 Å². The zero-order chi connectivity index (χ0) is 14.1. The molecule has 0 aromatic carbocycles. The number of hydrogen-bond donors (Lipinski definition) is 2. The van der Waals surface area contributed by atoms with Gasteiger partial charge in [0.25, 0.3) is 5.91 Å². The predicted octanol–water partition coefficient (Wildman–Crippen LogP) is 1.02. The SMILES string of the molecule is O=C(O)CNC(=O)C(F)(F)C(F)(F)C(F)(F)F. The van der Waals surface area contributed by atoms with E-state index in [2.05, 4.69) is 0 Å². The van der Waals surface area contributed by atoms with E-state index >= 15 is 0 Å². The highest BCUT2D eigenvalue weighted by molar-refractivity contribution is 5.87. The van der Waals surface area contributed by atoms with Crippen LogP contribution in [0.2, 0.25) is 0 Å². The summed E-state index contributed by atoms with van der Waals surface area (Å²) < 4.78 is 84.0. The number of aliphatic carboxylic acids is 1. The molecule has 0 aromatic heterocycles. The minimum atomic E-state index is -6.64. The number of halogens is 7. The smallest absolute Gasteiger partial charge is 0.460 e. The fourth-order valence-corrected chi connectivity index (χ4v) is 0.587. The first kappa shape index (κ1) is 15.4. The van der Waals surface area contributed by atoms with Gasteiger partial charge in [0.05, 0.1) is 0 Å². The van der Waals surface area contributed by atoms with E-state index in [9.17, 15) is 40.3 Å². The number of nitrogens with one attached hydrogen (secondary N) is 1. The van der Waals surface area contributed by atoms with Gasteiger partial charge in [-0.2, -0.15) is 30.7 Å². The number of carbonyl (C=O) groups excluding carboxylic acids is 1. The van der Waals surface area contributed by atoms with Crippen LogP contribution in [-0.4, -0.2) is 41.5 Å². The Morgan fingerprint density at radius 2 is 1.41 bits per heavy atom. The highest BCUT2D eigenvalue weighted by Gasteiger charge is 2.76. The number of carbonyl (C=O) groups is 2. The van der Waals surface area contributed by atoms with E-state index in [1.807, 2.05) is 0 Å². The molecular weight excluding hydrogens is 267 g/mol. The molecule has 2 N–H and O–H groups in total. The molecule has 11 heteroatoms. The van der Waals surface area contributed by atoms with Crippen LogP contribution in [0.3, 0.4) is 0 Å². The number of alkyl halides is 7. The average Bonchev–Trinajstić information content (AvgIpc) is 2.11. The Bertz CT molecular complexity index is 324. The second-order valence-electron chi connectivity index (χ2n) is 2.72. The van der Waals surface area contributed by atoms with Crippen molar-refractivity contribution in [3.05, 3.63) is 0 Å². The molecule has 0 aliphatic carbocycles. The molecule has 0 bridgehead atoms. The maximum absolute atomic E-state index is 12.5. The third-order valence-corrected chi connectivity index (χ3v) is 1.44. The fraction of sp³-hybridized carbons (Fsp3) is 0.667. The van der Waals surface area contributed by atoms with Gasteiger partial charge >= 0.3 is 24.0 Å². The first-order valence-electron chi connectivity index (χ1n) is 3.66. The highest BCUT2D eigenvalue weighted by atomic mass is 19.4. The lowest BCUT2D eigenvalue weighted by molar-refractivity contribution is -0.344. The number of amides is 1. The molecule has 0 spiro atoms. The maximum atomic E-state index is 12.5. The minimum Gasteiger partial charge on any atom is -0.480 e. The average molecular weight is 271 g/mol. The molecule has 0 rings (SSSR count). The van der Waals surface area contributed by atoms with E-state index in [0.717, 1.165) is 5.32 Å². The number of carboxylic acid groups (broad SMARTS) is 1. The monoisotopic (exact) mass is 271 g/mol. The van der Waals surface area contributed by atoms with E-state index in [-0.39, 0.29) is 0 Å². The summed E-state index contributed by atoms with van der Waals surface area (Å²) in [6.07, 6.45) is -6.64. The van der Waals surface area contributed by atoms with Crippen molar-refractivity contribution in [1.82, 2.24) is 5.32 Å². The number of hydrogen-bond acceptors (Lipinski definition) is 2. The van der Waals surface area contributed by atoms with Gasteiger partial charge in [-0.3, -0.25) is 9.59 Å². The Balaban J connectivity index is 5.00. The van der Waals surface area contributed by atoms with Gasteiger partial charge in [-0.05, 0) is 0 Å². The van der Waals surface area contributed by atoms with Crippen molar-refractivity contribution in [3.63, 3.8) is 0 Å². The maximum Gasteiger partial charge on any atom is 0.460 e. The Kier molecular flexibility index (Phi) is 3.97. The van der Waals surface area contributed by atoms with Crippen molar-refractivity contribution in [2.45, 2.75) is 18.0 Å². The van der Waals surface area contributed by atoms with Crippen LogP contribution in [0, 0.1) is 0 Å². The summed E-state index contributed by atoms with van der Waals surface area (Å²) in [6.45, 7) is -1.51. The summed E-state index contributed by atoms with van der Waals surface area (Å²) >= 11 is 0. The lowest BCUT2D eigenvalue weighted by atomic mass is 10.1. The Hall–Kier alpha value is -1.55. The molecule has 0 saturated heterocycles. The van der Waals surface area contributed by atoms with Crippen molar-refractivity contribution in [3.8, 4) is 0 Å². The molecule has 0 aliphatic heterocycles. The van der Waals surface area contributed by atoms with Crippen molar-refractivity contribution < 1.29 is 45.4 Å². The summed E-state index contributed by atoms with van der Waals surface area (Å²) in [7, 11) is 0. The van der Waals surface area contributed by atoms with Gasteiger partial charge in [0.15, 0.2) is 0 Å². The zero-order valence-corrected chi connectivity index (χ0v) is 7.62. The highest BCUT2D eigenvalue weighted by Crippen LogP contribution is 2.46. The molecule has 0 radical (unpaired) electrons. The number of carboxylic acids is 1. The zero-order valence-electron chi connectivity index (χ0n) is 7.62. The minimum absolute atomic E-state index is 0.732. The van der Waals surface area contributed by atoms with E-state index < -0.39 is 36.4 Å². The van der Waals surface area contributed by atoms with Crippen molar-refractivity contribution in [2.24, 2.45) is 0 Å². The molecule has 17 heavy (non-hydrogen) atoms. The quantitative estimate of drug-likeness (QED) is 0.750. The topological polar surface area (TPSA) is 66.4 Å². The molecule has 0 heterocycles. The molecule has 100 valence electrons. The van der Waals surface area contributed by atoms with Gasteiger partial charge in [0.2, 0.25) is 0 Å². The van der Waals surface area contributed by atoms with E-state index in [1.54, 1.807) is 0 Å². The van der Waals surface area contributed by atoms with Crippen LogP contribution in [0.25, 0.3) is 0 Å². The van der Waals surface area contributed by atoms with Crippen LogP contribution in [0.1, 0.15) is 0 Å². The van der Waals surface area contributed by atoms with Crippen LogP contribution in [0.5, 0.6) is 0 Å². The van der Waals surface area contributed by atoms with Crippen molar-refractivity contribution in [1.29, 1.82) is 0 Å². The van der Waals surface area contributed by atoms with Crippen LogP contribution < -0.4 is 5.32 Å². The van der Waals surface area contributed by atoms with Crippen molar-refractivity contribution in [2.75, 3.05) is 6.54 Å². The molecule has 4 nitrogen and oxygen atoms in total. The van der Waals surface area contributed by atoms with Gasteiger partial charge in [0.1, 0.15) is 6.54 Å². The van der Waals surface area contributed by atoms with E-state index in [4.69, 9.17) is 5.11 Å². The molecule has 0 aromatic rings. The summed E-state index contributed by atoms with van der Waals surface area (Å²) in [6, 6.07) is 0. The molecule has 1 amide bonds. The molecule has 0 fully saturated rings. The van der Waals surface area contributed by atoms with Gasteiger partial charge in [0, 0.05) is 0 Å². The normalized spacial score (nSPS) is 13.4. The Morgan fingerprint density at radius 1 is 1.00 bits per heavy atom. The predicted molar refractivity (Wildman–Crippen MR) is 36.6 cm³/mol. The van der Waals surface area contributed by atoms with Gasteiger partial charge in [-0.25, -0.2) is 0 Å². The Morgan fingerprint density at radius 3 is 1.71 bits per heavy atom. The van der Waals surface area contributed by atoms with Crippen molar-refractivity contribution >= 4 is 11.9 Å². The summed E-state index contributed by atoms with van der Waals surface area (Å²) in [5, 5.41) is 8.65. The second kappa shape index (κ2) is 4.37. The van der Waals surface area contributed by atoms with Crippen LogP contribution in [-0.2, 0) is 9.59 Å². The third kappa shape index (κ3) is 2.97. The lowest BCUT2D eigenvalue weighted by Gasteiger charge is -2.26. The first-order valence-corrected chi connectivity index (χ1v) is 3.66. The number of rotatable bonds is 4. The molecule has 0 saturated carbocycles. The molecule has 0 aliphatic rings. The summed E-state index contributed by atoms with van der Waals surface area (Å²) in [4.78, 5) is 20.2.